The van der Waals surface area contributed by atoms with Gasteiger partial charge in [-0.05, 0) is 80.7 Å². The molecule has 4 heterocycles. The minimum atomic E-state index is -4.56. The first-order chi connectivity index (χ1) is 21.4. The van der Waals surface area contributed by atoms with Crippen LogP contribution in [0.4, 0.5) is 13.2 Å². The Bertz CT molecular complexity index is 1430. The molecule has 0 spiro atoms. The molecule has 0 bridgehead atoms. The van der Waals surface area contributed by atoms with Crippen molar-refractivity contribution in [2.24, 2.45) is 0 Å². The Morgan fingerprint density at radius 2 is 1.78 bits per heavy atom. The Balaban J connectivity index is 1.000. The number of carbonyl (C=O) groups is 3. The number of alkyl halides is 3. The lowest BCUT2D eigenvalue weighted by Crippen LogP contribution is -2.47. The highest BCUT2D eigenvalue weighted by molar-refractivity contribution is 5.96. The van der Waals surface area contributed by atoms with Crippen molar-refractivity contribution in [2.45, 2.75) is 87.2 Å². The van der Waals surface area contributed by atoms with E-state index in [1.165, 1.54) is 12.1 Å². The van der Waals surface area contributed by atoms with Crippen LogP contribution >= 0.6 is 0 Å². The zero-order chi connectivity index (χ0) is 31.9. The Morgan fingerprint density at radius 3 is 2.47 bits per heavy atom. The second kappa shape index (κ2) is 12.4. The molecule has 3 amide bonds. The third-order valence-electron chi connectivity index (χ3n) is 10.4. The van der Waals surface area contributed by atoms with Crippen LogP contribution < -0.4 is 5.32 Å². The molecule has 1 aliphatic carbocycles. The lowest BCUT2D eigenvalue weighted by Gasteiger charge is -2.41. The summed E-state index contributed by atoms with van der Waals surface area (Å²) in [5.41, 5.74) is -0.330. The van der Waals surface area contributed by atoms with Crippen molar-refractivity contribution >= 4 is 17.7 Å². The minimum absolute atomic E-state index is 0.0319. The molecule has 0 radical (unpaired) electrons. The van der Waals surface area contributed by atoms with Crippen molar-refractivity contribution < 1.29 is 32.7 Å². The van der Waals surface area contributed by atoms with Crippen LogP contribution in [0.3, 0.4) is 0 Å². The Hall–Kier alpha value is -3.51. The predicted molar refractivity (Wildman–Crippen MR) is 159 cm³/mol. The quantitative estimate of drug-likeness (QED) is 0.507. The van der Waals surface area contributed by atoms with Gasteiger partial charge in [0.05, 0.1) is 17.8 Å². The first kappa shape index (κ1) is 31.5. The number of aliphatic hydroxyl groups is 1. The summed E-state index contributed by atoms with van der Waals surface area (Å²) in [7, 11) is 1.83. The number of rotatable bonds is 6. The highest BCUT2D eigenvalue weighted by Crippen LogP contribution is 2.42. The van der Waals surface area contributed by atoms with Gasteiger partial charge in [0.1, 0.15) is 5.60 Å². The van der Waals surface area contributed by atoms with Crippen LogP contribution in [0.1, 0.15) is 84.5 Å². The van der Waals surface area contributed by atoms with Crippen molar-refractivity contribution in [3.05, 3.63) is 65.0 Å². The van der Waals surface area contributed by atoms with Gasteiger partial charge in [-0.2, -0.15) is 13.2 Å². The van der Waals surface area contributed by atoms with Crippen LogP contribution in [0.5, 0.6) is 0 Å². The SMILES string of the molecule is CN1CCC(c2ccc(C3(O)CCC(N4CC[C@H]5[C@@H]4CCN5C(=O)CNC(=O)c4cccc(C(F)(F)F)c4)CC3)nc2)CC1=O. The van der Waals surface area contributed by atoms with E-state index in [1.54, 1.807) is 9.80 Å². The van der Waals surface area contributed by atoms with Gasteiger partial charge in [-0.1, -0.05) is 12.1 Å². The maximum atomic E-state index is 13.1. The molecule has 1 aromatic carbocycles. The molecule has 6 rings (SSSR count). The molecule has 1 saturated carbocycles. The molecule has 4 aliphatic rings. The van der Waals surface area contributed by atoms with Gasteiger partial charge < -0.3 is 20.2 Å². The fourth-order valence-corrected chi connectivity index (χ4v) is 7.80. The Labute approximate surface area is 260 Å². The van der Waals surface area contributed by atoms with Crippen LogP contribution in [0.15, 0.2) is 42.6 Å². The number of hydrogen-bond acceptors (Lipinski definition) is 6. The standard InChI is InChI=1S/C33H40F3N5O4/c1-39-14-9-21(18-29(39)42)23-5-6-28(37-19-23)32(45)12-7-25(8-13-32)40-15-10-27-26(40)11-16-41(27)30(43)20-38-31(44)22-3-2-4-24(17-22)33(34,35)36/h2-6,17,19,21,25-27,45H,7-16,18,20H2,1H3,(H,38,44)/t21?,25?,26-,27-,32?/m0/s1. The maximum absolute atomic E-state index is 13.1. The molecule has 1 aromatic heterocycles. The molecule has 3 saturated heterocycles. The van der Waals surface area contributed by atoms with Crippen LogP contribution in [0, 0.1) is 0 Å². The number of hydrogen-bond donors (Lipinski definition) is 2. The van der Waals surface area contributed by atoms with E-state index in [4.69, 9.17) is 0 Å². The van der Waals surface area contributed by atoms with Crippen molar-refractivity contribution in [1.29, 1.82) is 0 Å². The molecule has 45 heavy (non-hydrogen) atoms. The number of carbonyl (C=O) groups excluding carboxylic acids is 3. The van der Waals surface area contributed by atoms with Gasteiger partial charge >= 0.3 is 6.18 Å². The third-order valence-corrected chi connectivity index (χ3v) is 10.4. The summed E-state index contributed by atoms with van der Waals surface area (Å²) >= 11 is 0. The monoisotopic (exact) mass is 627 g/mol. The summed E-state index contributed by atoms with van der Waals surface area (Å²) in [5.74, 6) is -0.643. The van der Waals surface area contributed by atoms with E-state index in [0.29, 0.717) is 37.5 Å². The molecule has 2 N–H and O–H groups in total. The largest absolute Gasteiger partial charge is 0.416 e. The van der Waals surface area contributed by atoms with E-state index < -0.39 is 23.2 Å². The van der Waals surface area contributed by atoms with Gasteiger partial charge in [0.25, 0.3) is 5.91 Å². The molecule has 4 fully saturated rings. The Kier molecular flexibility index (Phi) is 8.64. The van der Waals surface area contributed by atoms with Crippen molar-refractivity contribution in [2.75, 3.05) is 33.2 Å². The Morgan fingerprint density at radius 1 is 1.02 bits per heavy atom. The second-order valence-electron chi connectivity index (χ2n) is 13.0. The van der Waals surface area contributed by atoms with Gasteiger partial charge in [0.15, 0.2) is 0 Å². The van der Waals surface area contributed by atoms with Crippen LogP contribution in [-0.4, -0.2) is 93.9 Å². The van der Waals surface area contributed by atoms with E-state index >= 15 is 0 Å². The number of amides is 3. The lowest BCUT2D eigenvalue weighted by molar-refractivity contribution is -0.137. The summed E-state index contributed by atoms with van der Waals surface area (Å²) in [6.07, 6.45) is 3.11. The molecule has 3 aliphatic heterocycles. The fourth-order valence-electron chi connectivity index (χ4n) is 7.80. The van der Waals surface area contributed by atoms with E-state index in [0.717, 1.165) is 62.9 Å². The van der Waals surface area contributed by atoms with Crippen molar-refractivity contribution in [1.82, 2.24) is 25.0 Å². The topological polar surface area (TPSA) is 106 Å². The van der Waals surface area contributed by atoms with Crippen LogP contribution in [0.25, 0.3) is 0 Å². The van der Waals surface area contributed by atoms with Gasteiger partial charge in [-0.15, -0.1) is 0 Å². The van der Waals surface area contributed by atoms with Crippen molar-refractivity contribution in [3.8, 4) is 0 Å². The molecular formula is C33H40F3N5O4. The molecule has 2 aromatic rings. The normalized spacial score (nSPS) is 29.1. The number of nitrogens with one attached hydrogen (secondary N) is 1. The average Bonchev–Trinajstić information content (AvgIpc) is 3.64. The van der Waals surface area contributed by atoms with Gasteiger partial charge in [-0.3, -0.25) is 24.3 Å². The fraction of sp³-hybridized carbons (Fsp3) is 0.576. The van der Waals surface area contributed by atoms with Gasteiger partial charge in [0, 0.05) is 63.0 Å². The number of halogens is 3. The molecule has 3 atom stereocenters. The minimum Gasteiger partial charge on any atom is -0.384 e. The number of nitrogens with zero attached hydrogens (tertiary/aromatic N) is 4. The molecule has 12 heteroatoms. The van der Waals surface area contributed by atoms with E-state index in [2.05, 4.69) is 15.2 Å². The number of fused-ring (bicyclic) bond motifs is 1. The number of likely N-dealkylation sites (tertiary alicyclic amines) is 3. The molecule has 1 unspecified atom stereocenters. The highest BCUT2D eigenvalue weighted by Gasteiger charge is 2.48. The summed E-state index contributed by atoms with van der Waals surface area (Å²) in [4.78, 5) is 48.4. The van der Waals surface area contributed by atoms with Gasteiger partial charge in [-0.25, -0.2) is 0 Å². The smallest absolute Gasteiger partial charge is 0.384 e. The second-order valence-corrected chi connectivity index (χ2v) is 13.0. The molecule has 9 nitrogen and oxygen atoms in total. The number of benzene rings is 1. The highest BCUT2D eigenvalue weighted by atomic mass is 19.4. The van der Waals surface area contributed by atoms with E-state index in [-0.39, 0.29) is 41.9 Å². The first-order valence-electron chi connectivity index (χ1n) is 15.9. The summed E-state index contributed by atoms with van der Waals surface area (Å²) in [6.45, 7) is 1.89. The van der Waals surface area contributed by atoms with E-state index in [1.807, 2.05) is 25.4 Å². The van der Waals surface area contributed by atoms with Gasteiger partial charge in [0.2, 0.25) is 11.8 Å². The van der Waals surface area contributed by atoms with Crippen molar-refractivity contribution in [3.63, 3.8) is 0 Å². The lowest BCUT2D eigenvalue weighted by atomic mass is 9.79. The zero-order valence-electron chi connectivity index (χ0n) is 25.4. The molecular weight excluding hydrogens is 587 g/mol. The summed E-state index contributed by atoms with van der Waals surface area (Å²) in [5, 5.41) is 14.0. The first-order valence-corrected chi connectivity index (χ1v) is 15.9. The number of piperidine rings is 1. The summed E-state index contributed by atoms with van der Waals surface area (Å²) in [6, 6.07) is 8.62. The molecule has 242 valence electrons. The zero-order valence-corrected chi connectivity index (χ0v) is 25.4. The number of aromatic nitrogens is 1. The van der Waals surface area contributed by atoms with Crippen LogP contribution in [-0.2, 0) is 21.4 Å². The summed E-state index contributed by atoms with van der Waals surface area (Å²) < 4.78 is 39.1. The maximum Gasteiger partial charge on any atom is 0.416 e. The third kappa shape index (κ3) is 6.44. The average molecular weight is 628 g/mol. The van der Waals surface area contributed by atoms with Crippen LogP contribution in [0.2, 0.25) is 0 Å². The van der Waals surface area contributed by atoms with E-state index in [9.17, 15) is 32.7 Å². The number of pyridine rings is 1. The predicted octanol–water partition coefficient (Wildman–Crippen LogP) is 3.67.